The molecule has 9 heteroatoms. The summed E-state index contributed by atoms with van der Waals surface area (Å²) in [7, 11) is 0. The Morgan fingerprint density at radius 1 is 1.03 bits per heavy atom. The molecule has 0 bridgehead atoms. The van der Waals surface area contributed by atoms with E-state index in [1.165, 1.54) is 0 Å². The van der Waals surface area contributed by atoms with Gasteiger partial charge in [0.2, 0.25) is 17.7 Å². The molecule has 0 saturated carbocycles. The third kappa shape index (κ3) is 11.0. The molecule has 3 amide bonds. The van der Waals surface area contributed by atoms with Crippen LogP contribution in [0.2, 0.25) is 0 Å². The molecular weight excluding hydrogens is 396 g/mol. The second-order valence-corrected chi connectivity index (χ2v) is 8.18. The fourth-order valence-electron chi connectivity index (χ4n) is 3.07. The normalized spacial score (nSPS) is 12.6. The molecule has 1 rings (SSSR count). The van der Waals surface area contributed by atoms with Crippen molar-refractivity contribution in [2.75, 3.05) is 6.54 Å². The lowest BCUT2D eigenvalue weighted by molar-refractivity contribution is -0.131. The summed E-state index contributed by atoms with van der Waals surface area (Å²) in [6.07, 6.45) is 2.05. The van der Waals surface area contributed by atoms with E-state index < -0.39 is 23.9 Å². The van der Waals surface area contributed by atoms with E-state index >= 15 is 0 Å². The van der Waals surface area contributed by atoms with Crippen LogP contribution in [0.5, 0.6) is 0 Å². The summed E-state index contributed by atoms with van der Waals surface area (Å²) in [6, 6.07) is 6.32. The average molecular weight is 433 g/mol. The van der Waals surface area contributed by atoms with Gasteiger partial charge in [-0.15, -0.1) is 0 Å². The first-order chi connectivity index (χ1) is 14.6. The van der Waals surface area contributed by atoms with Crippen LogP contribution in [0, 0.1) is 18.3 Å². The molecule has 0 aliphatic heterocycles. The molecule has 0 radical (unpaired) electrons. The lowest BCUT2D eigenvalue weighted by Gasteiger charge is -2.23. The highest BCUT2D eigenvalue weighted by Crippen LogP contribution is 2.08. The van der Waals surface area contributed by atoms with Crippen LogP contribution in [0.4, 0.5) is 0 Å². The molecular formula is C22H36N6O3. The van der Waals surface area contributed by atoms with Gasteiger partial charge in [-0.05, 0) is 44.1 Å². The number of guanidine groups is 1. The van der Waals surface area contributed by atoms with E-state index in [1.54, 1.807) is 0 Å². The standard InChI is InChI=1S/C22H36N6O3/c1-14(2)13-18(20(23)30)28-21(31)17(5-4-12-26-22(24)25)27-19(29)11-10-16-8-6-15(3)7-9-16/h6-9,14,17-18H,4-5,10-13H2,1-3H3,(H2,23,30)(H,27,29)(H,28,31)(H4,24,25,26)/t17-,18+/m0/s1. The molecule has 0 spiro atoms. The third-order valence-corrected chi connectivity index (χ3v) is 4.77. The zero-order valence-electron chi connectivity index (χ0n) is 18.7. The smallest absolute Gasteiger partial charge is 0.243 e. The van der Waals surface area contributed by atoms with Crippen molar-refractivity contribution in [3.63, 3.8) is 0 Å². The number of rotatable bonds is 13. The molecule has 0 fully saturated rings. The molecule has 0 heterocycles. The van der Waals surface area contributed by atoms with Crippen molar-refractivity contribution in [1.29, 1.82) is 5.41 Å². The third-order valence-electron chi connectivity index (χ3n) is 4.77. The summed E-state index contributed by atoms with van der Waals surface area (Å²) in [5.74, 6) is -1.30. The van der Waals surface area contributed by atoms with Crippen LogP contribution in [0.15, 0.2) is 24.3 Å². The van der Waals surface area contributed by atoms with Crippen LogP contribution in [-0.4, -0.2) is 42.3 Å². The predicted molar refractivity (Wildman–Crippen MR) is 121 cm³/mol. The highest BCUT2D eigenvalue weighted by atomic mass is 16.2. The number of nitrogens with two attached hydrogens (primary N) is 2. The number of amides is 3. The average Bonchev–Trinajstić information content (AvgIpc) is 2.68. The van der Waals surface area contributed by atoms with Gasteiger partial charge in [0.15, 0.2) is 5.96 Å². The number of hydrogen-bond donors (Lipinski definition) is 6. The Kier molecular flexibility index (Phi) is 11.1. The Morgan fingerprint density at radius 2 is 1.68 bits per heavy atom. The highest BCUT2D eigenvalue weighted by Gasteiger charge is 2.25. The van der Waals surface area contributed by atoms with Crippen LogP contribution in [0.3, 0.4) is 0 Å². The van der Waals surface area contributed by atoms with Gasteiger partial charge in [0.05, 0.1) is 0 Å². The van der Waals surface area contributed by atoms with E-state index in [1.807, 2.05) is 45.0 Å². The minimum absolute atomic E-state index is 0.158. The van der Waals surface area contributed by atoms with Gasteiger partial charge in [-0.3, -0.25) is 19.8 Å². The van der Waals surface area contributed by atoms with Gasteiger partial charge in [0, 0.05) is 13.0 Å². The Morgan fingerprint density at radius 3 is 2.23 bits per heavy atom. The number of nitrogens with one attached hydrogen (secondary N) is 4. The highest BCUT2D eigenvalue weighted by molar-refractivity contribution is 5.91. The van der Waals surface area contributed by atoms with Crippen molar-refractivity contribution in [1.82, 2.24) is 16.0 Å². The molecule has 2 atom stereocenters. The van der Waals surface area contributed by atoms with E-state index in [2.05, 4.69) is 16.0 Å². The van der Waals surface area contributed by atoms with Crippen molar-refractivity contribution < 1.29 is 14.4 Å². The fourth-order valence-corrected chi connectivity index (χ4v) is 3.07. The van der Waals surface area contributed by atoms with Crippen molar-refractivity contribution in [2.45, 2.75) is 65.0 Å². The maximum Gasteiger partial charge on any atom is 0.243 e. The Hall–Kier alpha value is -3.10. The lowest BCUT2D eigenvalue weighted by Crippen LogP contribution is -2.53. The number of hydrogen-bond acceptors (Lipinski definition) is 4. The number of carbonyl (C=O) groups is 3. The minimum Gasteiger partial charge on any atom is -0.370 e. The Labute approximate surface area is 184 Å². The second kappa shape index (κ2) is 13.3. The second-order valence-electron chi connectivity index (χ2n) is 8.18. The van der Waals surface area contributed by atoms with Crippen molar-refractivity contribution in [3.8, 4) is 0 Å². The fraction of sp³-hybridized carbons (Fsp3) is 0.545. The Bertz CT molecular complexity index is 748. The van der Waals surface area contributed by atoms with Crippen LogP contribution >= 0.6 is 0 Å². The largest absolute Gasteiger partial charge is 0.370 e. The quantitative estimate of drug-likeness (QED) is 0.153. The molecule has 31 heavy (non-hydrogen) atoms. The molecule has 1 aromatic rings. The zero-order valence-corrected chi connectivity index (χ0v) is 18.7. The topological polar surface area (TPSA) is 163 Å². The summed E-state index contributed by atoms with van der Waals surface area (Å²) in [6.45, 7) is 6.25. The summed E-state index contributed by atoms with van der Waals surface area (Å²) >= 11 is 0. The number of carbonyl (C=O) groups excluding carboxylic acids is 3. The molecule has 172 valence electrons. The predicted octanol–water partition coefficient (Wildman–Crippen LogP) is 0.692. The van der Waals surface area contributed by atoms with Gasteiger partial charge in [0.25, 0.3) is 0 Å². The van der Waals surface area contributed by atoms with Crippen molar-refractivity contribution in [3.05, 3.63) is 35.4 Å². The first kappa shape index (κ1) is 25.9. The van der Waals surface area contributed by atoms with Gasteiger partial charge in [-0.2, -0.15) is 0 Å². The molecule has 8 N–H and O–H groups in total. The van der Waals surface area contributed by atoms with E-state index in [0.29, 0.717) is 32.2 Å². The molecule has 0 saturated heterocycles. The Balaban J connectivity index is 2.72. The zero-order chi connectivity index (χ0) is 23.4. The van der Waals surface area contributed by atoms with E-state index in [9.17, 15) is 14.4 Å². The van der Waals surface area contributed by atoms with Gasteiger partial charge < -0.3 is 27.4 Å². The first-order valence-electron chi connectivity index (χ1n) is 10.6. The van der Waals surface area contributed by atoms with E-state index in [0.717, 1.165) is 11.1 Å². The number of aryl methyl sites for hydroxylation is 2. The van der Waals surface area contributed by atoms with E-state index in [-0.39, 0.29) is 24.2 Å². The summed E-state index contributed by atoms with van der Waals surface area (Å²) < 4.78 is 0. The molecule has 1 aromatic carbocycles. The van der Waals surface area contributed by atoms with E-state index in [4.69, 9.17) is 16.9 Å². The van der Waals surface area contributed by atoms with Crippen LogP contribution in [-0.2, 0) is 20.8 Å². The monoisotopic (exact) mass is 432 g/mol. The van der Waals surface area contributed by atoms with Crippen LogP contribution < -0.4 is 27.4 Å². The minimum atomic E-state index is -0.812. The first-order valence-corrected chi connectivity index (χ1v) is 10.6. The molecule has 0 aliphatic carbocycles. The maximum atomic E-state index is 12.8. The molecule has 9 nitrogen and oxygen atoms in total. The summed E-state index contributed by atoms with van der Waals surface area (Å²) in [5, 5.41) is 15.3. The molecule has 0 aromatic heterocycles. The van der Waals surface area contributed by atoms with Crippen molar-refractivity contribution in [2.24, 2.45) is 17.4 Å². The van der Waals surface area contributed by atoms with Crippen LogP contribution in [0.25, 0.3) is 0 Å². The summed E-state index contributed by atoms with van der Waals surface area (Å²) in [5.41, 5.74) is 12.9. The maximum absolute atomic E-state index is 12.8. The molecule has 0 aliphatic rings. The van der Waals surface area contributed by atoms with Crippen molar-refractivity contribution >= 4 is 23.7 Å². The van der Waals surface area contributed by atoms with Gasteiger partial charge >= 0.3 is 0 Å². The summed E-state index contributed by atoms with van der Waals surface area (Å²) in [4.78, 5) is 37.0. The van der Waals surface area contributed by atoms with Gasteiger partial charge in [0.1, 0.15) is 12.1 Å². The number of benzene rings is 1. The van der Waals surface area contributed by atoms with Gasteiger partial charge in [-0.25, -0.2) is 0 Å². The number of primary amides is 1. The van der Waals surface area contributed by atoms with Gasteiger partial charge in [-0.1, -0.05) is 43.7 Å². The molecule has 0 unspecified atom stereocenters. The lowest BCUT2D eigenvalue weighted by atomic mass is 10.0. The SMILES string of the molecule is Cc1ccc(CCC(=O)N[C@@H](CCCNC(=N)N)C(=O)N[C@H](CC(C)C)C(N)=O)cc1. The van der Waals surface area contributed by atoms with Crippen LogP contribution in [0.1, 0.15) is 50.7 Å².